The zero-order chi connectivity index (χ0) is 18.2. The fraction of sp³-hybridized carbons (Fsp3) is 0.286. The third-order valence-corrected chi connectivity index (χ3v) is 3.52. The third kappa shape index (κ3) is 3.25. The first kappa shape index (κ1) is 16.7. The number of halogens is 3. The summed E-state index contributed by atoms with van der Waals surface area (Å²) in [4.78, 5) is 7.61. The van der Waals surface area contributed by atoms with Crippen LogP contribution in [-0.2, 0) is 13.2 Å². The summed E-state index contributed by atoms with van der Waals surface area (Å²) in [6.45, 7) is 1.81. The van der Waals surface area contributed by atoms with Crippen LogP contribution in [0.4, 0.5) is 30.6 Å². The predicted molar refractivity (Wildman–Crippen MR) is 84.9 cm³/mol. The molecule has 0 aliphatic heterocycles. The quantitative estimate of drug-likeness (QED) is 0.750. The van der Waals surface area contributed by atoms with Gasteiger partial charge in [-0.3, -0.25) is 4.68 Å². The summed E-state index contributed by atoms with van der Waals surface area (Å²) < 4.78 is 42.0. The maximum atomic E-state index is 12.9. The van der Waals surface area contributed by atoms with Gasteiger partial charge >= 0.3 is 6.18 Å². The lowest BCUT2D eigenvalue weighted by atomic mass is 10.3. The van der Waals surface area contributed by atoms with E-state index in [1.165, 1.54) is 7.05 Å². The Balaban J connectivity index is 1.89. The highest BCUT2D eigenvalue weighted by molar-refractivity contribution is 5.59. The minimum Gasteiger partial charge on any atom is -0.372 e. The highest BCUT2D eigenvalue weighted by Gasteiger charge is 2.35. The zero-order valence-corrected chi connectivity index (χ0v) is 13.6. The molecule has 8 nitrogen and oxygen atoms in total. The van der Waals surface area contributed by atoms with Crippen LogP contribution in [0.2, 0.25) is 0 Å². The first-order valence-electron chi connectivity index (χ1n) is 7.22. The molecule has 0 amide bonds. The third-order valence-electron chi connectivity index (χ3n) is 3.52. The van der Waals surface area contributed by atoms with Crippen LogP contribution in [0.5, 0.6) is 0 Å². The molecule has 0 saturated carbocycles. The Morgan fingerprint density at radius 2 is 1.88 bits per heavy atom. The summed E-state index contributed by atoms with van der Waals surface area (Å²) >= 11 is 0. The molecule has 0 saturated heterocycles. The average Bonchev–Trinajstić information content (AvgIpc) is 3.13. The Morgan fingerprint density at radius 3 is 2.48 bits per heavy atom. The van der Waals surface area contributed by atoms with Crippen LogP contribution in [0.1, 0.15) is 11.3 Å². The monoisotopic (exact) mass is 352 g/mol. The Hall–Kier alpha value is -3.11. The Labute approximate surface area is 140 Å². The van der Waals surface area contributed by atoms with Gasteiger partial charge < -0.3 is 10.6 Å². The fourth-order valence-electron chi connectivity index (χ4n) is 2.27. The molecule has 0 spiro atoms. The molecule has 3 heterocycles. The van der Waals surface area contributed by atoms with E-state index in [4.69, 9.17) is 0 Å². The molecule has 3 aromatic rings. The molecule has 0 fully saturated rings. The molecule has 3 aromatic heterocycles. The van der Waals surface area contributed by atoms with Crippen molar-refractivity contribution in [1.82, 2.24) is 29.5 Å². The molecule has 0 atom stereocenters. The molecule has 0 aliphatic carbocycles. The number of anilines is 3. The fourth-order valence-corrected chi connectivity index (χ4v) is 2.27. The summed E-state index contributed by atoms with van der Waals surface area (Å²) in [5.74, 6) is -0.270. The maximum Gasteiger partial charge on any atom is 0.421 e. The van der Waals surface area contributed by atoms with Crippen molar-refractivity contribution in [3.05, 3.63) is 36.0 Å². The topological polar surface area (TPSA) is 85.5 Å². The normalized spacial score (nSPS) is 11.6. The molecule has 0 bridgehead atoms. The molecule has 0 aliphatic rings. The summed E-state index contributed by atoms with van der Waals surface area (Å²) in [7, 11) is 3.16. The number of hydrogen-bond acceptors (Lipinski definition) is 6. The molecule has 0 radical (unpaired) electrons. The number of nitrogens with one attached hydrogen (secondary N) is 2. The van der Waals surface area contributed by atoms with Crippen LogP contribution < -0.4 is 10.6 Å². The summed E-state index contributed by atoms with van der Waals surface area (Å²) in [6.07, 6.45) is 1.19. The van der Waals surface area contributed by atoms with Gasteiger partial charge in [0.05, 0.1) is 30.0 Å². The van der Waals surface area contributed by atoms with E-state index in [0.29, 0.717) is 5.69 Å². The predicted octanol–water partition coefficient (Wildman–Crippen LogP) is 2.51. The highest BCUT2D eigenvalue weighted by atomic mass is 19.4. The van der Waals surface area contributed by atoms with Gasteiger partial charge in [-0.25, -0.2) is 9.67 Å². The van der Waals surface area contributed by atoms with Crippen molar-refractivity contribution in [2.45, 2.75) is 13.1 Å². The lowest BCUT2D eigenvalue weighted by molar-refractivity contribution is -0.137. The van der Waals surface area contributed by atoms with Crippen LogP contribution in [0.3, 0.4) is 0 Å². The number of aromatic nitrogens is 6. The minimum absolute atomic E-state index is 0.0335. The van der Waals surface area contributed by atoms with E-state index < -0.39 is 11.7 Å². The Morgan fingerprint density at radius 1 is 1.12 bits per heavy atom. The van der Waals surface area contributed by atoms with Gasteiger partial charge in [0.2, 0.25) is 5.95 Å². The first-order valence-corrected chi connectivity index (χ1v) is 7.22. The van der Waals surface area contributed by atoms with Crippen molar-refractivity contribution < 1.29 is 13.2 Å². The summed E-state index contributed by atoms with van der Waals surface area (Å²) in [5, 5.41) is 13.6. The van der Waals surface area contributed by atoms with Crippen molar-refractivity contribution in [2.75, 3.05) is 17.7 Å². The van der Waals surface area contributed by atoms with Gasteiger partial charge in [0.1, 0.15) is 17.1 Å². The van der Waals surface area contributed by atoms with Crippen molar-refractivity contribution in [3.8, 4) is 5.69 Å². The summed E-state index contributed by atoms with van der Waals surface area (Å²) in [6, 6.07) is 0. The highest BCUT2D eigenvalue weighted by Crippen LogP contribution is 2.34. The number of nitrogens with zero attached hydrogens (tertiary/aromatic N) is 6. The second-order valence-electron chi connectivity index (χ2n) is 5.26. The zero-order valence-electron chi connectivity index (χ0n) is 13.6. The van der Waals surface area contributed by atoms with Gasteiger partial charge in [-0.2, -0.15) is 28.4 Å². The van der Waals surface area contributed by atoms with E-state index in [0.717, 1.165) is 17.6 Å². The second kappa shape index (κ2) is 6.07. The minimum atomic E-state index is -4.53. The van der Waals surface area contributed by atoms with Crippen LogP contribution in [-0.4, -0.2) is 36.6 Å². The number of rotatable bonds is 4. The molecular weight excluding hydrogens is 337 g/mol. The van der Waals surface area contributed by atoms with E-state index in [-0.39, 0.29) is 11.8 Å². The van der Waals surface area contributed by atoms with Crippen molar-refractivity contribution >= 4 is 17.5 Å². The smallest absolute Gasteiger partial charge is 0.372 e. The van der Waals surface area contributed by atoms with Crippen molar-refractivity contribution in [1.29, 1.82) is 0 Å². The summed E-state index contributed by atoms with van der Waals surface area (Å²) in [5.41, 5.74) is 1.15. The van der Waals surface area contributed by atoms with Crippen LogP contribution in [0.25, 0.3) is 5.69 Å². The van der Waals surface area contributed by atoms with E-state index in [1.807, 2.05) is 6.92 Å². The number of hydrogen-bond donors (Lipinski definition) is 2. The lowest BCUT2D eigenvalue weighted by Gasteiger charge is -2.12. The molecule has 0 unspecified atom stereocenters. The van der Waals surface area contributed by atoms with Crippen LogP contribution in [0, 0.1) is 6.92 Å². The molecular formula is C14H15F3N8. The van der Waals surface area contributed by atoms with Gasteiger partial charge in [0.15, 0.2) is 0 Å². The van der Waals surface area contributed by atoms with Gasteiger partial charge in [0, 0.05) is 20.3 Å². The van der Waals surface area contributed by atoms with Gasteiger partial charge in [-0.1, -0.05) is 0 Å². The second-order valence-corrected chi connectivity index (χ2v) is 5.26. The molecule has 11 heteroatoms. The van der Waals surface area contributed by atoms with E-state index in [2.05, 4.69) is 30.8 Å². The van der Waals surface area contributed by atoms with E-state index >= 15 is 0 Å². The van der Waals surface area contributed by atoms with Gasteiger partial charge in [0.25, 0.3) is 0 Å². The maximum absolute atomic E-state index is 12.9. The molecule has 3 rings (SSSR count). The molecule has 2 N–H and O–H groups in total. The SMILES string of the molecule is CNc1nc(Nc2cnn(-c3cnn(C)c3)c2C)ncc1C(F)(F)F. The number of alkyl halides is 3. The van der Waals surface area contributed by atoms with Gasteiger partial charge in [-0.05, 0) is 6.92 Å². The Bertz CT molecular complexity index is 896. The lowest BCUT2D eigenvalue weighted by Crippen LogP contribution is -2.12. The average molecular weight is 352 g/mol. The van der Waals surface area contributed by atoms with Gasteiger partial charge in [-0.15, -0.1) is 0 Å². The first-order chi connectivity index (χ1) is 11.8. The Kier molecular flexibility index (Phi) is 4.07. The molecule has 132 valence electrons. The van der Waals surface area contributed by atoms with Crippen molar-refractivity contribution in [2.24, 2.45) is 7.05 Å². The standard InChI is InChI=1S/C14H15F3N8/c1-8-11(6-21-25(8)9-4-20-24(3)7-9)22-13-19-5-10(14(15,16)17)12(18-2)23-13/h4-7H,1-3H3,(H2,18,19,22,23). The van der Waals surface area contributed by atoms with E-state index in [9.17, 15) is 13.2 Å². The van der Waals surface area contributed by atoms with Crippen LogP contribution >= 0.6 is 0 Å². The van der Waals surface area contributed by atoms with Crippen molar-refractivity contribution in [3.63, 3.8) is 0 Å². The van der Waals surface area contributed by atoms with E-state index in [1.54, 1.807) is 35.0 Å². The number of aryl methyl sites for hydroxylation is 1. The molecule has 0 aromatic carbocycles. The largest absolute Gasteiger partial charge is 0.421 e. The molecule has 25 heavy (non-hydrogen) atoms. The van der Waals surface area contributed by atoms with Crippen LogP contribution in [0.15, 0.2) is 24.8 Å².